The maximum absolute atomic E-state index is 9.28. The number of unbranched alkanes of at least 4 members (excludes halogenated alkanes) is 1. The Kier molecular flexibility index (Phi) is 3.65. The smallest absolute Gasteiger partial charge is 0.160 e. The van der Waals surface area contributed by atoms with Crippen molar-refractivity contribution in [3.63, 3.8) is 0 Å². The monoisotopic (exact) mass is 177 g/mol. The predicted molar refractivity (Wildman–Crippen MR) is 48.4 cm³/mol. The molecule has 0 bridgehead atoms. The number of phenols is 1. The van der Waals surface area contributed by atoms with Crippen LogP contribution in [0.4, 0.5) is 0 Å². The Bertz CT molecular complexity index is 304. The molecule has 1 N–H and O–H groups in total. The summed E-state index contributed by atoms with van der Waals surface area (Å²) >= 11 is 0. The molecule has 0 saturated carbocycles. The zero-order valence-electron chi connectivity index (χ0n) is 7.23. The third-order valence-electron chi connectivity index (χ3n) is 1.56. The molecular weight excluding hydrogens is 166 g/mol. The molecule has 0 unspecified atom stereocenters. The van der Waals surface area contributed by atoms with Crippen LogP contribution in [0.15, 0.2) is 24.3 Å². The van der Waals surface area contributed by atoms with Gasteiger partial charge >= 0.3 is 0 Å². The second-order valence-electron chi connectivity index (χ2n) is 2.58. The number of para-hydroxylation sites is 2. The van der Waals surface area contributed by atoms with E-state index in [1.54, 1.807) is 24.3 Å². The normalized spacial score (nSPS) is 9.15. The van der Waals surface area contributed by atoms with Crippen LogP contribution in [0.3, 0.4) is 0 Å². The van der Waals surface area contributed by atoms with Crippen LogP contribution in [-0.4, -0.2) is 11.7 Å². The number of hydrogen-bond acceptors (Lipinski definition) is 3. The fraction of sp³-hybridized carbons (Fsp3) is 0.300. The van der Waals surface area contributed by atoms with Crippen LogP contribution in [0.2, 0.25) is 0 Å². The van der Waals surface area contributed by atoms with Gasteiger partial charge in [-0.15, -0.1) is 0 Å². The van der Waals surface area contributed by atoms with E-state index in [-0.39, 0.29) is 5.75 Å². The molecule has 1 aromatic rings. The Hall–Kier alpha value is -1.69. The number of phenolic OH excluding ortho intramolecular Hbond substituents is 1. The highest BCUT2D eigenvalue weighted by Crippen LogP contribution is 2.24. The van der Waals surface area contributed by atoms with Crippen LogP contribution in [0.5, 0.6) is 11.5 Å². The molecule has 68 valence electrons. The van der Waals surface area contributed by atoms with E-state index < -0.39 is 0 Å². The largest absolute Gasteiger partial charge is 0.504 e. The molecule has 1 rings (SSSR count). The summed E-state index contributed by atoms with van der Waals surface area (Å²) in [5.41, 5.74) is 0. The fourth-order valence-electron chi connectivity index (χ4n) is 0.913. The van der Waals surface area contributed by atoms with Crippen molar-refractivity contribution in [2.24, 2.45) is 0 Å². The van der Waals surface area contributed by atoms with Gasteiger partial charge in [-0.05, 0) is 18.6 Å². The molecule has 0 aliphatic heterocycles. The maximum Gasteiger partial charge on any atom is 0.160 e. The minimum atomic E-state index is 0.138. The zero-order valence-corrected chi connectivity index (χ0v) is 7.23. The summed E-state index contributed by atoms with van der Waals surface area (Å²) in [7, 11) is 0. The number of aromatic hydroxyl groups is 1. The van der Waals surface area contributed by atoms with Crippen LogP contribution in [0, 0.1) is 11.3 Å². The molecule has 0 heterocycles. The summed E-state index contributed by atoms with van der Waals surface area (Å²) in [4.78, 5) is 0. The van der Waals surface area contributed by atoms with E-state index in [0.717, 1.165) is 0 Å². The molecule has 0 aliphatic carbocycles. The summed E-state index contributed by atoms with van der Waals surface area (Å²) in [5.74, 6) is 0.611. The minimum Gasteiger partial charge on any atom is -0.504 e. The Labute approximate surface area is 77.2 Å². The van der Waals surface area contributed by atoms with Crippen molar-refractivity contribution >= 4 is 0 Å². The van der Waals surface area contributed by atoms with Crippen molar-refractivity contribution in [3.05, 3.63) is 24.3 Å². The SMILES string of the molecule is N#CCCCOc1ccccc1O. The van der Waals surface area contributed by atoms with E-state index in [9.17, 15) is 5.11 Å². The summed E-state index contributed by atoms with van der Waals surface area (Å²) in [6, 6.07) is 8.82. The van der Waals surface area contributed by atoms with Crippen LogP contribution < -0.4 is 4.74 Å². The van der Waals surface area contributed by atoms with E-state index in [0.29, 0.717) is 25.2 Å². The molecule has 0 radical (unpaired) electrons. The van der Waals surface area contributed by atoms with E-state index in [4.69, 9.17) is 10.00 Å². The molecule has 0 aliphatic rings. The Balaban J connectivity index is 2.37. The van der Waals surface area contributed by atoms with Gasteiger partial charge in [-0.2, -0.15) is 5.26 Å². The number of rotatable bonds is 4. The first-order valence-electron chi connectivity index (χ1n) is 4.12. The van der Waals surface area contributed by atoms with E-state index in [2.05, 4.69) is 0 Å². The zero-order chi connectivity index (χ0) is 9.52. The van der Waals surface area contributed by atoms with E-state index >= 15 is 0 Å². The fourth-order valence-corrected chi connectivity index (χ4v) is 0.913. The second-order valence-corrected chi connectivity index (χ2v) is 2.58. The van der Waals surface area contributed by atoms with Crippen LogP contribution in [0.25, 0.3) is 0 Å². The summed E-state index contributed by atoms with van der Waals surface area (Å²) in [6.07, 6.45) is 1.17. The van der Waals surface area contributed by atoms with Gasteiger partial charge in [0.25, 0.3) is 0 Å². The quantitative estimate of drug-likeness (QED) is 0.716. The summed E-state index contributed by atoms with van der Waals surface area (Å²) in [6.45, 7) is 0.463. The average Bonchev–Trinajstić information content (AvgIpc) is 2.15. The Morgan fingerprint density at radius 3 is 2.85 bits per heavy atom. The van der Waals surface area contributed by atoms with Crippen LogP contribution in [-0.2, 0) is 0 Å². The number of ether oxygens (including phenoxy) is 1. The number of nitrogens with zero attached hydrogens (tertiary/aromatic N) is 1. The molecule has 0 aromatic heterocycles. The number of benzene rings is 1. The lowest BCUT2D eigenvalue weighted by Gasteiger charge is -2.05. The Morgan fingerprint density at radius 2 is 2.15 bits per heavy atom. The minimum absolute atomic E-state index is 0.138. The number of hydrogen-bond donors (Lipinski definition) is 1. The van der Waals surface area contributed by atoms with Gasteiger partial charge in [0, 0.05) is 6.42 Å². The van der Waals surface area contributed by atoms with Crippen molar-refractivity contribution < 1.29 is 9.84 Å². The van der Waals surface area contributed by atoms with Crippen LogP contribution in [0.1, 0.15) is 12.8 Å². The highest BCUT2D eigenvalue weighted by atomic mass is 16.5. The molecule has 3 nitrogen and oxygen atoms in total. The lowest BCUT2D eigenvalue weighted by Crippen LogP contribution is -1.96. The van der Waals surface area contributed by atoms with Gasteiger partial charge in [-0.1, -0.05) is 12.1 Å². The van der Waals surface area contributed by atoms with Crippen LogP contribution >= 0.6 is 0 Å². The summed E-state index contributed by atoms with van der Waals surface area (Å²) in [5, 5.41) is 17.5. The van der Waals surface area contributed by atoms with E-state index in [1.807, 2.05) is 6.07 Å². The molecule has 0 atom stereocenters. The van der Waals surface area contributed by atoms with Crippen molar-refractivity contribution in [1.82, 2.24) is 0 Å². The van der Waals surface area contributed by atoms with Gasteiger partial charge in [0.2, 0.25) is 0 Å². The Morgan fingerprint density at radius 1 is 1.38 bits per heavy atom. The molecule has 1 aromatic carbocycles. The predicted octanol–water partition coefficient (Wildman–Crippen LogP) is 2.07. The molecule has 0 saturated heterocycles. The average molecular weight is 177 g/mol. The lowest BCUT2D eigenvalue weighted by atomic mass is 10.3. The van der Waals surface area contributed by atoms with Gasteiger partial charge in [0.05, 0.1) is 12.7 Å². The maximum atomic E-state index is 9.28. The van der Waals surface area contributed by atoms with Crippen molar-refractivity contribution in [1.29, 1.82) is 5.26 Å². The van der Waals surface area contributed by atoms with Gasteiger partial charge in [-0.3, -0.25) is 0 Å². The molecule has 0 amide bonds. The highest BCUT2D eigenvalue weighted by Gasteiger charge is 1.98. The third kappa shape index (κ3) is 3.04. The topological polar surface area (TPSA) is 53.2 Å². The second kappa shape index (κ2) is 5.04. The number of nitriles is 1. The third-order valence-corrected chi connectivity index (χ3v) is 1.56. The lowest BCUT2D eigenvalue weighted by molar-refractivity contribution is 0.295. The van der Waals surface area contributed by atoms with Gasteiger partial charge in [-0.25, -0.2) is 0 Å². The molecule has 3 heteroatoms. The standard InChI is InChI=1S/C10H11NO2/c11-7-3-4-8-13-10-6-2-1-5-9(10)12/h1-2,5-6,12H,3-4,8H2. The van der Waals surface area contributed by atoms with Crippen molar-refractivity contribution in [2.75, 3.05) is 6.61 Å². The first kappa shape index (κ1) is 9.40. The summed E-state index contributed by atoms with van der Waals surface area (Å²) < 4.78 is 5.24. The molecule has 0 spiro atoms. The van der Waals surface area contributed by atoms with Gasteiger partial charge < -0.3 is 9.84 Å². The first-order valence-corrected chi connectivity index (χ1v) is 4.12. The first-order chi connectivity index (χ1) is 6.34. The highest BCUT2D eigenvalue weighted by molar-refractivity contribution is 5.37. The van der Waals surface area contributed by atoms with Gasteiger partial charge in [0.15, 0.2) is 11.5 Å². The van der Waals surface area contributed by atoms with E-state index in [1.165, 1.54) is 0 Å². The molecule has 0 fully saturated rings. The van der Waals surface area contributed by atoms with Crippen molar-refractivity contribution in [2.45, 2.75) is 12.8 Å². The van der Waals surface area contributed by atoms with Crippen molar-refractivity contribution in [3.8, 4) is 17.6 Å². The molecule has 13 heavy (non-hydrogen) atoms. The molecular formula is C10H11NO2. The van der Waals surface area contributed by atoms with Gasteiger partial charge in [0.1, 0.15) is 0 Å².